The number of nitrogens with one attached hydrogen (secondary N) is 2. The van der Waals surface area contributed by atoms with Gasteiger partial charge >= 0.3 is 0 Å². The highest BCUT2D eigenvalue weighted by atomic mass is 79.9. The van der Waals surface area contributed by atoms with E-state index in [2.05, 4.69) is 30.6 Å². The number of imidazole rings is 1. The summed E-state index contributed by atoms with van der Waals surface area (Å²) in [6.07, 6.45) is 1.94. The minimum atomic E-state index is -3.70. The van der Waals surface area contributed by atoms with Crippen LogP contribution in [0.15, 0.2) is 33.9 Å². The fourth-order valence-corrected chi connectivity index (χ4v) is 3.06. The molecule has 0 saturated heterocycles. The smallest absolute Gasteiger partial charge is 0.279 e. The minimum Gasteiger partial charge on any atom is -0.497 e. The van der Waals surface area contributed by atoms with Crippen LogP contribution in [0.4, 0.5) is 5.69 Å². The second kappa shape index (κ2) is 5.84. The van der Waals surface area contributed by atoms with E-state index in [0.717, 1.165) is 0 Å². The zero-order valence-corrected chi connectivity index (χ0v) is 13.4. The Bertz CT molecular complexity index is 712. The van der Waals surface area contributed by atoms with Crippen molar-refractivity contribution in [3.8, 4) is 5.75 Å². The molecular formula is C12H14BrN3O3S. The number of ether oxygens (including phenoxy) is 1. The molecule has 6 nitrogen and oxygen atoms in total. The highest BCUT2D eigenvalue weighted by Crippen LogP contribution is 2.28. The van der Waals surface area contributed by atoms with Gasteiger partial charge in [-0.25, -0.2) is 4.98 Å². The molecule has 1 aromatic carbocycles. The quantitative estimate of drug-likeness (QED) is 0.858. The number of H-pyrrole nitrogens is 1. The summed E-state index contributed by atoms with van der Waals surface area (Å²) < 4.78 is 32.7. The van der Waals surface area contributed by atoms with E-state index in [1.807, 2.05) is 6.92 Å². The lowest BCUT2D eigenvalue weighted by molar-refractivity contribution is 0.415. The van der Waals surface area contributed by atoms with Crippen molar-refractivity contribution in [2.75, 3.05) is 11.8 Å². The van der Waals surface area contributed by atoms with Crippen LogP contribution in [0, 0.1) is 0 Å². The van der Waals surface area contributed by atoms with Crippen molar-refractivity contribution in [3.63, 3.8) is 0 Å². The molecule has 0 atom stereocenters. The summed E-state index contributed by atoms with van der Waals surface area (Å²) in [7, 11) is -2.19. The molecule has 0 amide bonds. The van der Waals surface area contributed by atoms with Crippen LogP contribution in [0.5, 0.6) is 5.75 Å². The lowest BCUT2D eigenvalue weighted by atomic mass is 10.3. The molecule has 0 fully saturated rings. The van der Waals surface area contributed by atoms with Gasteiger partial charge in [0.25, 0.3) is 10.0 Å². The van der Waals surface area contributed by atoms with Gasteiger partial charge in [0.2, 0.25) is 0 Å². The Balaban J connectivity index is 2.32. The SMILES string of the molecule is CCc1ncc(S(=O)(=O)Nc2cc(OC)ccc2Br)[nH]1. The number of sulfonamides is 1. The zero-order valence-electron chi connectivity index (χ0n) is 11.0. The van der Waals surface area contributed by atoms with Crippen molar-refractivity contribution in [2.45, 2.75) is 18.4 Å². The maximum absolute atomic E-state index is 12.2. The van der Waals surface area contributed by atoms with Gasteiger partial charge in [0.15, 0.2) is 5.03 Å². The van der Waals surface area contributed by atoms with Crippen molar-refractivity contribution in [2.24, 2.45) is 0 Å². The molecule has 2 rings (SSSR count). The lowest BCUT2D eigenvalue weighted by Gasteiger charge is -2.09. The molecule has 108 valence electrons. The number of anilines is 1. The zero-order chi connectivity index (χ0) is 14.8. The monoisotopic (exact) mass is 359 g/mol. The number of benzene rings is 1. The van der Waals surface area contributed by atoms with Crippen molar-refractivity contribution >= 4 is 31.6 Å². The number of nitrogens with zero attached hydrogens (tertiary/aromatic N) is 1. The first-order valence-electron chi connectivity index (χ1n) is 5.86. The Hall–Kier alpha value is -1.54. The van der Waals surface area contributed by atoms with Gasteiger partial charge in [-0.3, -0.25) is 4.72 Å². The summed E-state index contributed by atoms with van der Waals surface area (Å²) in [5.74, 6) is 1.18. The second-order valence-corrected chi connectivity index (χ2v) is 6.50. The number of aromatic nitrogens is 2. The van der Waals surface area contributed by atoms with Crippen LogP contribution < -0.4 is 9.46 Å². The first kappa shape index (κ1) is 14.9. The van der Waals surface area contributed by atoms with E-state index < -0.39 is 10.0 Å². The topological polar surface area (TPSA) is 84.1 Å². The molecule has 2 N–H and O–H groups in total. The molecule has 1 aromatic heterocycles. The van der Waals surface area contributed by atoms with Crippen LogP contribution >= 0.6 is 15.9 Å². The Morgan fingerprint density at radius 2 is 2.20 bits per heavy atom. The van der Waals surface area contributed by atoms with Gasteiger partial charge < -0.3 is 9.72 Å². The molecule has 2 aromatic rings. The lowest BCUT2D eigenvalue weighted by Crippen LogP contribution is -2.14. The summed E-state index contributed by atoms with van der Waals surface area (Å²) in [5.41, 5.74) is 0.400. The first-order valence-corrected chi connectivity index (χ1v) is 8.14. The highest BCUT2D eigenvalue weighted by molar-refractivity contribution is 9.10. The molecule has 0 aliphatic rings. The summed E-state index contributed by atoms with van der Waals surface area (Å²) >= 11 is 3.30. The molecule has 0 bridgehead atoms. The number of hydrogen-bond acceptors (Lipinski definition) is 4. The van der Waals surface area contributed by atoms with Crippen molar-refractivity contribution in [3.05, 3.63) is 34.7 Å². The first-order chi connectivity index (χ1) is 9.46. The predicted molar refractivity (Wildman–Crippen MR) is 79.5 cm³/mol. The second-order valence-electron chi connectivity index (χ2n) is 4.00. The van der Waals surface area contributed by atoms with Gasteiger partial charge in [-0.2, -0.15) is 8.42 Å². The molecule has 0 aliphatic heterocycles. The Morgan fingerprint density at radius 3 is 2.80 bits per heavy atom. The van der Waals surface area contributed by atoms with E-state index in [-0.39, 0.29) is 5.03 Å². The molecular weight excluding hydrogens is 346 g/mol. The van der Waals surface area contributed by atoms with E-state index in [1.165, 1.54) is 13.3 Å². The average Bonchev–Trinajstić information content (AvgIpc) is 2.91. The number of rotatable bonds is 5. The van der Waals surface area contributed by atoms with Gasteiger partial charge in [-0.15, -0.1) is 0 Å². The van der Waals surface area contributed by atoms with E-state index in [0.29, 0.717) is 28.2 Å². The van der Waals surface area contributed by atoms with Crippen molar-refractivity contribution < 1.29 is 13.2 Å². The molecule has 0 unspecified atom stereocenters. The van der Waals surface area contributed by atoms with Crippen LogP contribution in [0.25, 0.3) is 0 Å². The van der Waals surface area contributed by atoms with Gasteiger partial charge in [-0.05, 0) is 28.1 Å². The van der Waals surface area contributed by atoms with Gasteiger partial charge in [0, 0.05) is 17.0 Å². The molecule has 8 heteroatoms. The molecule has 0 spiro atoms. The summed E-state index contributed by atoms with van der Waals surface area (Å²) in [5, 5.41) is 0.0315. The summed E-state index contributed by atoms with van der Waals surface area (Å²) in [6.45, 7) is 1.89. The maximum Gasteiger partial charge on any atom is 0.279 e. The molecule has 0 aliphatic carbocycles. The number of aromatic amines is 1. The number of methoxy groups -OCH3 is 1. The third-order valence-electron chi connectivity index (χ3n) is 2.65. The number of aryl methyl sites for hydroxylation is 1. The number of halogens is 1. The highest BCUT2D eigenvalue weighted by Gasteiger charge is 2.18. The van der Waals surface area contributed by atoms with Gasteiger partial charge in [-0.1, -0.05) is 6.92 Å². The standard InChI is InChI=1S/C12H14BrN3O3S/c1-3-11-14-7-12(15-11)20(17,18)16-10-6-8(19-2)4-5-9(10)13/h4-7,16H,3H2,1-2H3,(H,14,15). The summed E-state index contributed by atoms with van der Waals surface area (Å²) in [6, 6.07) is 5.03. The third-order valence-corrected chi connectivity index (χ3v) is 4.61. The Labute approximate surface area is 125 Å². The average molecular weight is 360 g/mol. The predicted octanol–water partition coefficient (Wildman–Crippen LogP) is 2.54. The number of hydrogen-bond donors (Lipinski definition) is 2. The van der Waals surface area contributed by atoms with Crippen LogP contribution in [-0.2, 0) is 16.4 Å². The van der Waals surface area contributed by atoms with E-state index >= 15 is 0 Å². The molecule has 0 saturated carbocycles. The normalized spacial score (nSPS) is 11.3. The largest absolute Gasteiger partial charge is 0.497 e. The Kier molecular flexibility index (Phi) is 4.34. The third kappa shape index (κ3) is 3.13. The maximum atomic E-state index is 12.2. The van der Waals surface area contributed by atoms with E-state index in [1.54, 1.807) is 18.2 Å². The van der Waals surface area contributed by atoms with Crippen LogP contribution in [0.1, 0.15) is 12.7 Å². The summed E-state index contributed by atoms with van der Waals surface area (Å²) in [4.78, 5) is 6.75. The van der Waals surface area contributed by atoms with E-state index in [9.17, 15) is 8.42 Å². The van der Waals surface area contributed by atoms with E-state index in [4.69, 9.17) is 4.74 Å². The molecule has 0 radical (unpaired) electrons. The minimum absolute atomic E-state index is 0.0315. The molecule has 20 heavy (non-hydrogen) atoms. The van der Waals surface area contributed by atoms with Crippen LogP contribution in [0.2, 0.25) is 0 Å². The van der Waals surface area contributed by atoms with Gasteiger partial charge in [0.1, 0.15) is 11.6 Å². The fourth-order valence-electron chi connectivity index (χ4n) is 1.57. The molecule has 1 heterocycles. The van der Waals surface area contributed by atoms with Crippen LogP contribution in [-0.4, -0.2) is 25.5 Å². The van der Waals surface area contributed by atoms with Gasteiger partial charge in [0.05, 0.1) is 19.0 Å². The van der Waals surface area contributed by atoms with Crippen LogP contribution in [0.3, 0.4) is 0 Å². The van der Waals surface area contributed by atoms with Crippen molar-refractivity contribution in [1.82, 2.24) is 9.97 Å². The Morgan fingerprint density at radius 1 is 1.45 bits per heavy atom. The fraction of sp³-hybridized carbons (Fsp3) is 0.250. The van der Waals surface area contributed by atoms with Crippen molar-refractivity contribution in [1.29, 1.82) is 0 Å².